The highest BCUT2D eigenvalue weighted by Gasteiger charge is 2.29. The molecule has 0 radical (unpaired) electrons. The van der Waals surface area contributed by atoms with Crippen molar-refractivity contribution >= 4 is 15.9 Å². The molecule has 0 aliphatic carbocycles. The number of sulfonamides is 1. The molecular weight excluding hydrogens is 414 g/mol. The Bertz CT molecular complexity index is 987. The van der Waals surface area contributed by atoms with Crippen LogP contribution in [0.2, 0.25) is 0 Å². The molecule has 1 fully saturated rings. The molecule has 0 spiro atoms. The van der Waals surface area contributed by atoms with E-state index in [0.29, 0.717) is 11.6 Å². The highest BCUT2D eigenvalue weighted by molar-refractivity contribution is 7.89. The molecule has 30 heavy (non-hydrogen) atoms. The maximum atomic E-state index is 12.9. The Morgan fingerprint density at radius 2 is 2.07 bits per heavy atom. The van der Waals surface area contributed by atoms with Crippen LogP contribution in [-0.2, 0) is 14.8 Å². The van der Waals surface area contributed by atoms with Gasteiger partial charge in [-0.3, -0.25) is 4.79 Å². The summed E-state index contributed by atoms with van der Waals surface area (Å²) in [6.45, 7) is 0.832. The first-order valence-electron chi connectivity index (χ1n) is 9.43. The summed E-state index contributed by atoms with van der Waals surface area (Å²) < 4.78 is 44.2. The van der Waals surface area contributed by atoms with Crippen LogP contribution in [0.25, 0.3) is 0 Å². The van der Waals surface area contributed by atoms with Crippen molar-refractivity contribution in [1.82, 2.24) is 20.2 Å². The monoisotopic (exact) mass is 439 g/mol. The molecule has 0 unspecified atom stereocenters. The van der Waals surface area contributed by atoms with Crippen molar-refractivity contribution < 1.29 is 27.1 Å². The van der Waals surface area contributed by atoms with Crippen LogP contribution in [0, 0.1) is 0 Å². The van der Waals surface area contributed by atoms with Gasteiger partial charge in [0.15, 0.2) is 11.5 Å². The van der Waals surface area contributed by atoms with E-state index in [9.17, 15) is 13.2 Å². The zero-order valence-electron chi connectivity index (χ0n) is 16.8. The predicted octanol–water partition coefficient (Wildman–Crippen LogP) is 0.796. The average molecular weight is 439 g/mol. The zero-order chi connectivity index (χ0) is 21.7. The fourth-order valence-electron chi connectivity index (χ4n) is 3.21. The number of carbonyl (C=O) groups excluding carboxylic acids is 1. The number of hydrogen-bond donors (Lipinski definition) is 3. The second-order valence-corrected chi connectivity index (χ2v) is 8.56. The van der Waals surface area contributed by atoms with E-state index in [1.807, 2.05) is 0 Å². The molecule has 2 atom stereocenters. The Morgan fingerprint density at radius 3 is 2.70 bits per heavy atom. The van der Waals surface area contributed by atoms with Crippen molar-refractivity contribution in [2.75, 3.05) is 20.8 Å². The minimum absolute atomic E-state index is 0.0276. The number of aromatic nitrogens is 2. The number of amides is 1. The lowest BCUT2D eigenvalue weighted by molar-refractivity contribution is -0.118. The normalized spacial score (nSPS) is 18.0. The number of rotatable bonds is 9. The number of nitrogens with one attached hydrogen (secondary N) is 2. The van der Waals surface area contributed by atoms with Gasteiger partial charge >= 0.3 is 0 Å². The number of ether oxygens (including phenoxy) is 2. The predicted molar refractivity (Wildman–Crippen MR) is 105 cm³/mol. The van der Waals surface area contributed by atoms with Crippen LogP contribution in [0.15, 0.2) is 27.5 Å². The quantitative estimate of drug-likeness (QED) is 0.513. The van der Waals surface area contributed by atoms with Crippen LogP contribution in [-0.4, -0.2) is 45.3 Å². The lowest BCUT2D eigenvalue weighted by Gasteiger charge is -2.20. The molecule has 12 heteroatoms. The van der Waals surface area contributed by atoms with E-state index in [1.165, 1.54) is 32.4 Å². The van der Waals surface area contributed by atoms with Crippen molar-refractivity contribution in [3.05, 3.63) is 30.0 Å². The summed E-state index contributed by atoms with van der Waals surface area (Å²) in [5.74, 6) is 0.234. The molecule has 1 saturated heterocycles. The van der Waals surface area contributed by atoms with Crippen LogP contribution < -0.4 is 25.2 Å². The molecule has 3 rings (SSSR count). The number of nitrogens with two attached hydrogens (primary N) is 1. The van der Waals surface area contributed by atoms with Crippen LogP contribution >= 0.6 is 0 Å². The molecule has 1 aliphatic rings. The van der Waals surface area contributed by atoms with Crippen LogP contribution in [0.5, 0.6) is 11.5 Å². The fraction of sp³-hybridized carbons (Fsp3) is 0.500. The second-order valence-electron chi connectivity index (χ2n) is 6.84. The summed E-state index contributed by atoms with van der Waals surface area (Å²) in [5, 5.41) is 11.2. The minimum Gasteiger partial charge on any atom is -0.493 e. The Hall–Kier alpha value is -2.70. The number of nitrogens with zero attached hydrogens (tertiary/aromatic N) is 2. The standard InChI is InChI=1S/C18H25N5O6S/c1-27-14-7-6-11(9-15(14)28-2)30(25,26)23-13(10-16(19)24)18-22-21-17(29-18)12-5-3-4-8-20-12/h6-7,9,12-13,20,23H,3-5,8,10H2,1-2H3,(H2,19,24)/t12-,13+/m1/s1. The zero-order valence-corrected chi connectivity index (χ0v) is 17.6. The van der Waals surface area contributed by atoms with Gasteiger partial charge in [-0.15, -0.1) is 10.2 Å². The van der Waals surface area contributed by atoms with Gasteiger partial charge in [-0.25, -0.2) is 8.42 Å². The fourth-order valence-corrected chi connectivity index (χ4v) is 4.41. The first-order valence-corrected chi connectivity index (χ1v) is 10.9. The SMILES string of the molecule is COc1ccc(S(=O)(=O)N[C@@H](CC(N)=O)c2nnc([C@H]3CCCCN3)o2)cc1OC. The van der Waals surface area contributed by atoms with E-state index in [4.69, 9.17) is 19.6 Å². The lowest BCUT2D eigenvalue weighted by Crippen LogP contribution is -2.32. The summed E-state index contributed by atoms with van der Waals surface area (Å²) in [7, 11) is -1.22. The summed E-state index contributed by atoms with van der Waals surface area (Å²) in [4.78, 5) is 11.5. The maximum absolute atomic E-state index is 12.9. The van der Waals surface area contributed by atoms with Crippen LogP contribution in [0.1, 0.15) is 49.5 Å². The highest BCUT2D eigenvalue weighted by atomic mass is 32.2. The van der Waals surface area contributed by atoms with Gasteiger partial charge in [0, 0.05) is 6.07 Å². The third-order valence-corrected chi connectivity index (χ3v) is 6.20. The number of primary amides is 1. The second kappa shape index (κ2) is 9.41. The topological polar surface area (TPSA) is 159 Å². The van der Waals surface area contributed by atoms with Crippen LogP contribution in [0.3, 0.4) is 0 Å². The van der Waals surface area contributed by atoms with Gasteiger partial charge in [0.2, 0.25) is 27.7 Å². The van der Waals surface area contributed by atoms with Crippen molar-refractivity contribution in [3.63, 3.8) is 0 Å². The number of piperidine rings is 1. The van der Waals surface area contributed by atoms with Crippen molar-refractivity contribution in [3.8, 4) is 11.5 Å². The molecule has 2 heterocycles. The molecule has 1 aromatic heterocycles. The lowest BCUT2D eigenvalue weighted by atomic mass is 10.1. The van der Waals surface area contributed by atoms with Gasteiger partial charge in [0.05, 0.1) is 31.6 Å². The molecule has 1 amide bonds. The molecule has 1 aliphatic heterocycles. The largest absolute Gasteiger partial charge is 0.493 e. The third-order valence-electron chi connectivity index (χ3n) is 4.73. The molecular formula is C18H25N5O6S. The number of hydrogen-bond acceptors (Lipinski definition) is 9. The van der Waals surface area contributed by atoms with Crippen molar-refractivity contribution in [2.24, 2.45) is 5.73 Å². The molecule has 0 saturated carbocycles. The van der Waals surface area contributed by atoms with E-state index in [0.717, 1.165) is 25.8 Å². The highest BCUT2D eigenvalue weighted by Crippen LogP contribution is 2.30. The minimum atomic E-state index is -4.06. The van der Waals surface area contributed by atoms with E-state index in [1.54, 1.807) is 0 Å². The summed E-state index contributed by atoms with van der Waals surface area (Å²) in [6.07, 6.45) is 2.57. The van der Waals surface area contributed by atoms with Gasteiger partial charge < -0.3 is 24.9 Å². The number of carbonyl (C=O) groups is 1. The Kier molecular flexibility index (Phi) is 6.90. The molecule has 4 N–H and O–H groups in total. The molecule has 1 aromatic carbocycles. The van der Waals surface area contributed by atoms with E-state index in [2.05, 4.69) is 20.2 Å². The summed E-state index contributed by atoms with van der Waals surface area (Å²) in [6, 6.07) is 2.93. The van der Waals surface area contributed by atoms with Gasteiger partial charge in [-0.1, -0.05) is 6.42 Å². The average Bonchev–Trinajstić information content (AvgIpc) is 3.23. The maximum Gasteiger partial charge on any atom is 0.241 e. The van der Waals surface area contributed by atoms with Crippen LogP contribution in [0.4, 0.5) is 0 Å². The van der Waals surface area contributed by atoms with E-state index in [-0.39, 0.29) is 29.0 Å². The summed E-state index contributed by atoms with van der Waals surface area (Å²) >= 11 is 0. The smallest absolute Gasteiger partial charge is 0.241 e. The van der Waals surface area contributed by atoms with E-state index >= 15 is 0 Å². The first kappa shape index (κ1) is 22.0. The number of methoxy groups -OCH3 is 2. The molecule has 0 bridgehead atoms. The number of benzene rings is 1. The van der Waals surface area contributed by atoms with Crippen molar-refractivity contribution in [1.29, 1.82) is 0 Å². The Morgan fingerprint density at radius 1 is 1.30 bits per heavy atom. The van der Waals surface area contributed by atoms with Gasteiger partial charge in [0.25, 0.3) is 0 Å². The van der Waals surface area contributed by atoms with Gasteiger partial charge in [-0.05, 0) is 31.5 Å². The van der Waals surface area contributed by atoms with Crippen molar-refractivity contribution in [2.45, 2.75) is 42.7 Å². The molecule has 2 aromatic rings. The third kappa shape index (κ3) is 5.07. The molecule has 164 valence electrons. The Labute approximate surface area is 174 Å². The Balaban J connectivity index is 1.85. The van der Waals surface area contributed by atoms with Gasteiger partial charge in [-0.2, -0.15) is 4.72 Å². The van der Waals surface area contributed by atoms with Gasteiger partial charge in [0.1, 0.15) is 6.04 Å². The summed E-state index contributed by atoms with van der Waals surface area (Å²) in [5.41, 5.74) is 5.31. The molecule has 11 nitrogen and oxygen atoms in total. The first-order chi connectivity index (χ1) is 14.3. The van der Waals surface area contributed by atoms with E-state index < -0.39 is 22.0 Å².